The van der Waals surface area contributed by atoms with Crippen LogP contribution < -0.4 is 16.0 Å². The molecule has 0 spiro atoms. The minimum Gasteiger partial charge on any atom is -0.325 e. The van der Waals surface area contributed by atoms with Crippen LogP contribution in [0.2, 0.25) is 0 Å². The van der Waals surface area contributed by atoms with E-state index in [9.17, 15) is 14.4 Å². The zero-order valence-electron chi connectivity index (χ0n) is 24.2. The van der Waals surface area contributed by atoms with E-state index in [0.717, 1.165) is 21.7 Å². The lowest BCUT2D eigenvalue weighted by molar-refractivity contribution is -0.115. The van der Waals surface area contributed by atoms with Gasteiger partial charge in [-0.2, -0.15) is 0 Å². The molecule has 7 heteroatoms. The molecule has 0 aliphatic heterocycles. The highest BCUT2D eigenvalue weighted by Crippen LogP contribution is 2.27. The molecule has 0 fully saturated rings. The zero-order chi connectivity index (χ0) is 30.1. The standard InChI is InChI=1S/C35H35N3O3S/c1-23(2)27-17-19-29(20-18-27)36-33(39)25(4)42-31-12-8-11-30(22-31)37-35(41)32(21-26-15-13-24(3)14-16-26)38-34(40)28-9-6-5-7-10-28/h5-23,25H,1-4H3,(H,36,39)(H,37,41)(H,38,40)/b32-21-. The molecule has 4 aromatic rings. The molecule has 0 aromatic heterocycles. The summed E-state index contributed by atoms with van der Waals surface area (Å²) in [6, 6.07) is 31.6. The van der Waals surface area contributed by atoms with Crippen LogP contribution in [0, 0.1) is 6.92 Å². The molecule has 0 aliphatic rings. The summed E-state index contributed by atoms with van der Waals surface area (Å²) in [5.41, 5.74) is 4.94. The second kappa shape index (κ2) is 14.3. The number of anilines is 2. The molecule has 0 heterocycles. The van der Waals surface area contributed by atoms with Gasteiger partial charge in [0.1, 0.15) is 5.70 Å². The first-order chi connectivity index (χ1) is 20.2. The largest absolute Gasteiger partial charge is 0.325 e. The van der Waals surface area contributed by atoms with Crippen LogP contribution in [0.1, 0.15) is 53.7 Å². The summed E-state index contributed by atoms with van der Waals surface area (Å²) in [6.45, 7) is 8.09. The number of nitrogens with one attached hydrogen (secondary N) is 3. The van der Waals surface area contributed by atoms with Crippen LogP contribution in [-0.4, -0.2) is 23.0 Å². The first-order valence-corrected chi connectivity index (χ1v) is 14.7. The lowest BCUT2D eigenvalue weighted by atomic mass is 10.0. The van der Waals surface area contributed by atoms with E-state index in [0.29, 0.717) is 17.2 Å². The number of aryl methyl sites for hydroxylation is 1. The lowest BCUT2D eigenvalue weighted by Gasteiger charge is -2.14. The van der Waals surface area contributed by atoms with E-state index in [-0.39, 0.29) is 22.8 Å². The molecule has 1 atom stereocenters. The van der Waals surface area contributed by atoms with Gasteiger partial charge in [-0.15, -0.1) is 11.8 Å². The number of carbonyl (C=O) groups excluding carboxylic acids is 3. The number of rotatable bonds is 10. The third kappa shape index (κ3) is 8.69. The van der Waals surface area contributed by atoms with Gasteiger partial charge >= 0.3 is 0 Å². The Morgan fingerprint density at radius 1 is 0.738 bits per heavy atom. The summed E-state index contributed by atoms with van der Waals surface area (Å²) < 4.78 is 0. The molecule has 3 N–H and O–H groups in total. The zero-order valence-corrected chi connectivity index (χ0v) is 25.0. The molecule has 42 heavy (non-hydrogen) atoms. The molecule has 1 unspecified atom stereocenters. The first kappa shape index (κ1) is 30.3. The van der Waals surface area contributed by atoms with Crippen molar-refractivity contribution in [1.82, 2.24) is 5.32 Å². The van der Waals surface area contributed by atoms with Gasteiger partial charge in [0.2, 0.25) is 5.91 Å². The fraction of sp³-hybridized carbons (Fsp3) is 0.171. The highest BCUT2D eigenvalue weighted by Gasteiger charge is 2.17. The SMILES string of the molecule is Cc1ccc(/C=C(\NC(=O)c2ccccc2)C(=O)Nc2cccc(SC(C)C(=O)Nc3ccc(C(C)C)cc3)c2)cc1. The Bertz CT molecular complexity index is 1560. The maximum atomic E-state index is 13.4. The minimum atomic E-state index is -0.461. The van der Waals surface area contributed by atoms with Gasteiger partial charge in [-0.3, -0.25) is 14.4 Å². The minimum absolute atomic E-state index is 0.112. The van der Waals surface area contributed by atoms with E-state index in [1.807, 2.05) is 86.6 Å². The number of benzene rings is 4. The molecule has 3 amide bonds. The van der Waals surface area contributed by atoms with E-state index in [1.54, 1.807) is 36.4 Å². The molecular weight excluding hydrogens is 542 g/mol. The predicted molar refractivity (Wildman–Crippen MR) is 173 cm³/mol. The maximum absolute atomic E-state index is 13.4. The number of hydrogen-bond acceptors (Lipinski definition) is 4. The van der Waals surface area contributed by atoms with Crippen LogP contribution in [0.15, 0.2) is 114 Å². The van der Waals surface area contributed by atoms with Gasteiger partial charge in [0.05, 0.1) is 5.25 Å². The second-order valence-corrected chi connectivity index (χ2v) is 11.7. The number of hydrogen-bond donors (Lipinski definition) is 3. The van der Waals surface area contributed by atoms with Crippen LogP contribution in [0.5, 0.6) is 0 Å². The Labute approximate surface area is 251 Å². The van der Waals surface area contributed by atoms with E-state index >= 15 is 0 Å². The van der Waals surface area contributed by atoms with Crippen LogP contribution in [0.25, 0.3) is 6.08 Å². The molecule has 4 aromatic carbocycles. The van der Waals surface area contributed by atoms with Crippen LogP contribution in [-0.2, 0) is 9.59 Å². The summed E-state index contributed by atoms with van der Waals surface area (Å²) in [6.07, 6.45) is 1.65. The first-order valence-electron chi connectivity index (χ1n) is 13.8. The van der Waals surface area contributed by atoms with Crippen molar-refractivity contribution in [3.8, 4) is 0 Å². The fourth-order valence-corrected chi connectivity index (χ4v) is 5.00. The van der Waals surface area contributed by atoms with E-state index in [1.165, 1.54) is 17.3 Å². The van der Waals surface area contributed by atoms with Crippen molar-refractivity contribution in [1.29, 1.82) is 0 Å². The molecule has 6 nitrogen and oxygen atoms in total. The quantitative estimate of drug-likeness (QED) is 0.133. The molecule has 0 saturated heterocycles. The molecule has 0 bridgehead atoms. The van der Waals surface area contributed by atoms with Gasteiger partial charge in [0, 0.05) is 21.8 Å². The molecule has 214 valence electrons. The summed E-state index contributed by atoms with van der Waals surface area (Å²) >= 11 is 1.39. The second-order valence-electron chi connectivity index (χ2n) is 10.3. The third-order valence-electron chi connectivity index (χ3n) is 6.54. The number of carbonyl (C=O) groups is 3. The van der Waals surface area contributed by atoms with E-state index < -0.39 is 5.91 Å². The summed E-state index contributed by atoms with van der Waals surface area (Å²) in [7, 11) is 0. The summed E-state index contributed by atoms with van der Waals surface area (Å²) in [5, 5.41) is 8.25. The van der Waals surface area contributed by atoms with E-state index in [2.05, 4.69) is 29.8 Å². The van der Waals surface area contributed by atoms with Crippen molar-refractivity contribution in [2.24, 2.45) is 0 Å². The van der Waals surface area contributed by atoms with Crippen molar-refractivity contribution >= 4 is 46.9 Å². The van der Waals surface area contributed by atoms with Gasteiger partial charge in [-0.1, -0.05) is 80.1 Å². The topological polar surface area (TPSA) is 87.3 Å². The van der Waals surface area contributed by atoms with Gasteiger partial charge in [0.25, 0.3) is 11.8 Å². The Morgan fingerprint density at radius 3 is 2.10 bits per heavy atom. The van der Waals surface area contributed by atoms with Crippen LogP contribution in [0.4, 0.5) is 11.4 Å². The summed E-state index contributed by atoms with van der Waals surface area (Å²) in [4.78, 5) is 40.0. The van der Waals surface area contributed by atoms with E-state index in [4.69, 9.17) is 0 Å². The Balaban J connectivity index is 1.45. The Hall–Kier alpha value is -4.62. The molecule has 0 radical (unpaired) electrons. The molecular formula is C35H35N3O3S. The van der Waals surface area contributed by atoms with Crippen molar-refractivity contribution in [3.05, 3.63) is 131 Å². The van der Waals surface area contributed by atoms with Gasteiger partial charge in [-0.05, 0) is 79.4 Å². The third-order valence-corrected chi connectivity index (χ3v) is 7.63. The summed E-state index contributed by atoms with van der Waals surface area (Å²) in [5.74, 6) is -0.533. The van der Waals surface area contributed by atoms with Crippen molar-refractivity contribution < 1.29 is 14.4 Å². The fourth-order valence-electron chi connectivity index (χ4n) is 4.07. The Kier molecular flexibility index (Phi) is 10.3. The molecule has 0 saturated carbocycles. The average molecular weight is 578 g/mol. The highest BCUT2D eigenvalue weighted by molar-refractivity contribution is 8.00. The maximum Gasteiger partial charge on any atom is 0.272 e. The normalized spacial score (nSPS) is 12.0. The number of amides is 3. The average Bonchev–Trinajstić information content (AvgIpc) is 2.98. The van der Waals surface area contributed by atoms with Gasteiger partial charge in [0.15, 0.2) is 0 Å². The van der Waals surface area contributed by atoms with Crippen molar-refractivity contribution in [2.45, 2.75) is 43.8 Å². The monoisotopic (exact) mass is 577 g/mol. The van der Waals surface area contributed by atoms with Crippen LogP contribution in [0.3, 0.4) is 0 Å². The predicted octanol–water partition coefficient (Wildman–Crippen LogP) is 7.65. The smallest absolute Gasteiger partial charge is 0.272 e. The Morgan fingerprint density at radius 2 is 1.43 bits per heavy atom. The van der Waals surface area contributed by atoms with Gasteiger partial charge in [-0.25, -0.2) is 0 Å². The van der Waals surface area contributed by atoms with Crippen LogP contribution >= 0.6 is 11.8 Å². The van der Waals surface area contributed by atoms with Crippen molar-refractivity contribution in [2.75, 3.05) is 10.6 Å². The van der Waals surface area contributed by atoms with Gasteiger partial charge < -0.3 is 16.0 Å². The highest BCUT2D eigenvalue weighted by atomic mass is 32.2. The number of thioether (sulfide) groups is 1. The lowest BCUT2D eigenvalue weighted by Crippen LogP contribution is -2.30. The molecule has 4 rings (SSSR count). The molecule has 0 aliphatic carbocycles. The van der Waals surface area contributed by atoms with Crippen molar-refractivity contribution in [3.63, 3.8) is 0 Å².